The molecule has 1 aliphatic rings. The summed E-state index contributed by atoms with van der Waals surface area (Å²) in [6.45, 7) is 10.3. The average molecular weight is 378 g/mol. The highest BCUT2D eigenvalue weighted by Gasteiger charge is 2.17. The van der Waals surface area contributed by atoms with E-state index >= 15 is 0 Å². The monoisotopic (exact) mass is 378 g/mol. The van der Waals surface area contributed by atoms with Gasteiger partial charge < -0.3 is 9.68 Å². The minimum Gasteiger partial charge on any atom is -0.391 e. The Kier molecular flexibility index (Phi) is 6.53. The summed E-state index contributed by atoms with van der Waals surface area (Å²) < 4.78 is 0. The van der Waals surface area contributed by atoms with Crippen LogP contribution in [0.3, 0.4) is 0 Å². The lowest BCUT2D eigenvalue weighted by molar-refractivity contribution is 0.128. The van der Waals surface area contributed by atoms with Crippen LogP contribution in [0.25, 0.3) is 0 Å². The van der Waals surface area contributed by atoms with E-state index < -0.39 is 0 Å². The highest BCUT2D eigenvalue weighted by atomic mass is 16.6. The molecule has 0 spiro atoms. The third kappa shape index (κ3) is 5.25. The molecular weight excluding hydrogens is 352 g/mol. The normalized spacial score (nSPS) is 15.2. The minimum atomic E-state index is 0.266. The van der Waals surface area contributed by atoms with Crippen LogP contribution in [0, 0.1) is 13.8 Å². The highest BCUT2D eigenvalue weighted by molar-refractivity contribution is 6.00. The lowest BCUT2D eigenvalue weighted by Gasteiger charge is -2.16. The van der Waals surface area contributed by atoms with Gasteiger partial charge in [0.05, 0.1) is 11.4 Å². The number of hydrogen-bond acceptors (Lipinski definition) is 6. The van der Waals surface area contributed by atoms with E-state index in [2.05, 4.69) is 32.9 Å². The summed E-state index contributed by atoms with van der Waals surface area (Å²) in [6.07, 6.45) is 2.97. The number of nitrogens with zero attached hydrogens (tertiary/aromatic N) is 4. The summed E-state index contributed by atoms with van der Waals surface area (Å²) >= 11 is 0. The van der Waals surface area contributed by atoms with Crippen molar-refractivity contribution < 1.29 is 9.68 Å². The Morgan fingerprint density at radius 3 is 2.64 bits per heavy atom. The molecule has 0 atom stereocenters. The van der Waals surface area contributed by atoms with E-state index in [0.29, 0.717) is 0 Å². The zero-order valence-corrected chi connectivity index (χ0v) is 16.7. The zero-order valence-electron chi connectivity index (χ0n) is 16.7. The molecule has 0 N–H and O–H groups in total. The molecule has 6 heteroatoms. The van der Waals surface area contributed by atoms with Crippen LogP contribution in [0.1, 0.15) is 48.1 Å². The maximum atomic E-state index is 5.50. The lowest BCUT2D eigenvalue weighted by atomic mass is 9.94. The molecule has 0 unspecified atom stereocenters. The van der Waals surface area contributed by atoms with Gasteiger partial charge in [-0.3, -0.25) is 9.97 Å². The zero-order chi connectivity index (χ0) is 19.9. The third-order valence-electron chi connectivity index (χ3n) is 4.42. The quantitative estimate of drug-likeness (QED) is 0.412. The largest absolute Gasteiger partial charge is 0.391 e. The van der Waals surface area contributed by atoms with Gasteiger partial charge in [0.25, 0.3) is 0 Å². The molecule has 0 radical (unpaired) electrons. The SMILES string of the molecule is C=C(CON=C(C)c1cccc(C)n1)CON=C1CCCc2ccc(C)nc21. The molecule has 2 aromatic heterocycles. The van der Waals surface area contributed by atoms with E-state index in [-0.39, 0.29) is 13.2 Å². The molecule has 0 saturated heterocycles. The number of fused-ring (bicyclic) bond motifs is 1. The molecule has 0 amide bonds. The van der Waals surface area contributed by atoms with E-state index in [1.807, 2.05) is 45.0 Å². The summed E-state index contributed by atoms with van der Waals surface area (Å²) in [5.41, 5.74) is 7.30. The van der Waals surface area contributed by atoms with Crippen molar-refractivity contribution in [3.8, 4) is 0 Å². The number of oxime groups is 2. The summed E-state index contributed by atoms with van der Waals surface area (Å²) in [6, 6.07) is 9.96. The number of aromatic nitrogens is 2. The molecule has 0 bridgehead atoms. The smallest absolute Gasteiger partial charge is 0.141 e. The number of hydrogen-bond donors (Lipinski definition) is 0. The van der Waals surface area contributed by atoms with E-state index in [1.165, 1.54) is 5.56 Å². The first-order valence-electron chi connectivity index (χ1n) is 9.46. The van der Waals surface area contributed by atoms with Crippen molar-refractivity contribution in [1.82, 2.24) is 9.97 Å². The van der Waals surface area contributed by atoms with Crippen LogP contribution < -0.4 is 0 Å². The van der Waals surface area contributed by atoms with Crippen LogP contribution in [-0.2, 0) is 16.1 Å². The van der Waals surface area contributed by atoms with Crippen molar-refractivity contribution >= 4 is 11.4 Å². The first-order chi connectivity index (χ1) is 13.5. The number of aryl methyl sites for hydroxylation is 3. The van der Waals surface area contributed by atoms with Crippen LogP contribution in [0.4, 0.5) is 0 Å². The van der Waals surface area contributed by atoms with Gasteiger partial charge >= 0.3 is 0 Å². The van der Waals surface area contributed by atoms with Crippen molar-refractivity contribution in [3.05, 3.63) is 70.8 Å². The summed E-state index contributed by atoms with van der Waals surface area (Å²) in [7, 11) is 0. The molecule has 0 aliphatic heterocycles. The molecule has 6 nitrogen and oxygen atoms in total. The maximum absolute atomic E-state index is 5.50. The summed E-state index contributed by atoms with van der Waals surface area (Å²) in [5.74, 6) is 0. The van der Waals surface area contributed by atoms with Crippen LogP contribution in [0.2, 0.25) is 0 Å². The molecule has 0 saturated carbocycles. The summed E-state index contributed by atoms with van der Waals surface area (Å²) in [5, 5.41) is 8.40. The van der Waals surface area contributed by atoms with Gasteiger partial charge in [-0.15, -0.1) is 0 Å². The van der Waals surface area contributed by atoms with E-state index in [1.54, 1.807) is 0 Å². The second-order valence-electron chi connectivity index (χ2n) is 6.99. The van der Waals surface area contributed by atoms with Gasteiger partial charge in [0.15, 0.2) is 0 Å². The standard InChI is InChI=1S/C22H26N4O2/c1-15(13-27-25-18(4)20-9-5-7-16(2)23-20)14-28-26-21-10-6-8-19-12-11-17(3)24-22(19)21/h5,7,9,11-12H,1,6,8,10,13-14H2,2-4H3. The maximum Gasteiger partial charge on any atom is 0.141 e. The van der Waals surface area contributed by atoms with Crippen molar-refractivity contribution in [2.75, 3.05) is 13.2 Å². The van der Waals surface area contributed by atoms with Crippen molar-refractivity contribution in [2.45, 2.75) is 40.0 Å². The Hall–Kier alpha value is -3.02. The second kappa shape index (κ2) is 9.26. The Morgan fingerprint density at radius 2 is 1.82 bits per heavy atom. The molecule has 28 heavy (non-hydrogen) atoms. The lowest BCUT2D eigenvalue weighted by Crippen LogP contribution is -2.15. The Labute approximate surface area is 166 Å². The number of rotatable bonds is 7. The molecule has 146 valence electrons. The number of pyridine rings is 2. The van der Waals surface area contributed by atoms with Crippen LogP contribution in [0.5, 0.6) is 0 Å². The van der Waals surface area contributed by atoms with E-state index in [9.17, 15) is 0 Å². The Morgan fingerprint density at radius 1 is 1.04 bits per heavy atom. The predicted molar refractivity (Wildman–Crippen MR) is 111 cm³/mol. The Bertz CT molecular complexity index is 919. The first-order valence-corrected chi connectivity index (χ1v) is 9.46. The predicted octanol–water partition coefficient (Wildman–Crippen LogP) is 4.15. The van der Waals surface area contributed by atoms with Gasteiger partial charge in [0, 0.05) is 17.0 Å². The molecule has 2 heterocycles. The van der Waals surface area contributed by atoms with Gasteiger partial charge in [0.1, 0.15) is 24.6 Å². The van der Waals surface area contributed by atoms with E-state index in [4.69, 9.17) is 9.68 Å². The molecule has 0 aromatic carbocycles. The minimum absolute atomic E-state index is 0.266. The van der Waals surface area contributed by atoms with Gasteiger partial charge in [-0.05, 0) is 63.8 Å². The molecule has 0 fully saturated rings. The average Bonchev–Trinajstić information content (AvgIpc) is 2.68. The van der Waals surface area contributed by atoms with Crippen LogP contribution in [-0.4, -0.2) is 34.6 Å². The van der Waals surface area contributed by atoms with Gasteiger partial charge in [-0.1, -0.05) is 29.0 Å². The molecular formula is C22H26N4O2. The fraction of sp³-hybridized carbons (Fsp3) is 0.364. The molecule has 3 rings (SSSR count). The highest BCUT2D eigenvalue weighted by Crippen LogP contribution is 2.20. The van der Waals surface area contributed by atoms with Gasteiger partial charge in [-0.25, -0.2) is 0 Å². The fourth-order valence-corrected chi connectivity index (χ4v) is 2.95. The molecule has 1 aliphatic carbocycles. The first kappa shape index (κ1) is 19.7. The van der Waals surface area contributed by atoms with Crippen molar-refractivity contribution in [2.24, 2.45) is 10.3 Å². The van der Waals surface area contributed by atoms with Crippen LogP contribution >= 0.6 is 0 Å². The van der Waals surface area contributed by atoms with Crippen LogP contribution in [0.15, 0.2) is 52.8 Å². The van der Waals surface area contributed by atoms with Crippen molar-refractivity contribution in [3.63, 3.8) is 0 Å². The van der Waals surface area contributed by atoms with Crippen molar-refractivity contribution in [1.29, 1.82) is 0 Å². The second-order valence-corrected chi connectivity index (χ2v) is 6.99. The van der Waals surface area contributed by atoms with Gasteiger partial charge in [-0.2, -0.15) is 0 Å². The summed E-state index contributed by atoms with van der Waals surface area (Å²) in [4.78, 5) is 19.9. The fourth-order valence-electron chi connectivity index (χ4n) is 2.95. The third-order valence-corrected chi connectivity index (χ3v) is 4.42. The Balaban J connectivity index is 1.50. The topological polar surface area (TPSA) is 69.0 Å². The van der Waals surface area contributed by atoms with E-state index in [0.717, 1.165) is 59.0 Å². The molecule has 2 aromatic rings. The van der Waals surface area contributed by atoms with Gasteiger partial charge in [0.2, 0.25) is 0 Å².